The maximum absolute atomic E-state index is 6.07. The summed E-state index contributed by atoms with van der Waals surface area (Å²) in [6.45, 7) is 4.10. The molecule has 1 atom stereocenters. The van der Waals surface area contributed by atoms with Crippen LogP contribution in [0.1, 0.15) is 31.3 Å². The number of nitrogens with one attached hydrogen (secondary N) is 1. The number of hydrogen-bond donors (Lipinski definition) is 2. The monoisotopic (exact) mass is 245 g/mol. The summed E-state index contributed by atoms with van der Waals surface area (Å²) < 4.78 is 1.79. The van der Waals surface area contributed by atoms with E-state index in [9.17, 15) is 0 Å². The lowest BCUT2D eigenvalue weighted by atomic mass is 10.2. The summed E-state index contributed by atoms with van der Waals surface area (Å²) in [5, 5.41) is 7.75. The van der Waals surface area contributed by atoms with Gasteiger partial charge in [-0.25, -0.2) is 0 Å². The smallest absolute Gasteiger partial charge is 0.148 e. The molecule has 18 heavy (non-hydrogen) atoms. The molecule has 0 aromatic carbocycles. The van der Waals surface area contributed by atoms with Crippen molar-refractivity contribution in [2.45, 2.75) is 26.3 Å². The van der Waals surface area contributed by atoms with Crippen LogP contribution in [0.4, 0.5) is 11.5 Å². The average Bonchev–Trinajstić information content (AvgIpc) is 2.67. The van der Waals surface area contributed by atoms with E-state index in [-0.39, 0.29) is 6.04 Å². The molecular weight excluding hydrogens is 226 g/mol. The number of nitrogens with zero attached hydrogens (tertiary/aromatic N) is 3. The van der Waals surface area contributed by atoms with Crippen LogP contribution in [0.2, 0.25) is 0 Å². The van der Waals surface area contributed by atoms with Crippen LogP contribution >= 0.6 is 0 Å². The Labute approximate surface area is 107 Å². The molecular formula is C13H19N5. The zero-order chi connectivity index (χ0) is 13.1. The number of anilines is 2. The van der Waals surface area contributed by atoms with Gasteiger partial charge in [0.2, 0.25) is 0 Å². The van der Waals surface area contributed by atoms with Gasteiger partial charge in [0.15, 0.2) is 0 Å². The molecule has 0 saturated heterocycles. The lowest BCUT2D eigenvalue weighted by molar-refractivity contribution is 0.730. The highest BCUT2D eigenvalue weighted by Crippen LogP contribution is 2.26. The van der Waals surface area contributed by atoms with Gasteiger partial charge in [0, 0.05) is 13.2 Å². The molecule has 2 heterocycles. The predicted molar refractivity (Wildman–Crippen MR) is 73.3 cm³/mol. The van der Waals surface area contributed by atoms with Crippen LogP contribution in [-0.4, -0.2) is 14.8 Å². The Bertz CT molecular complexity index is 518. The van der Waals surface area contributed by atoms with Crippen molar-refractivity contribution in [2.75, 3.05) is 11.1 Å². The third-order valence-corrected chi connectivity index (χ3v) is 2.98. The van der Waals surface area contributed by atoms with E-state index in [4.69, 9.17) is 5.73 Å². The number of rotatable bonds is 4. The highest BCUT2D eigenvalue weighted by atomic mass is 15.3. The quantitative estimate of drug-likeness (QED) is 0.865. The minimum absolute atomic E-state index is 0.0913. The molecule has 0 saturated carbocycles. The molecule has 5 nitrogen and oxygen atoms in total. The second-order valence-electron chi connectivity index (χ2n) is 4.31. The Morgan fingerprint density at radius 2 is 2.22 bits per heavy atom. The minimum atomic E-state index is 0.0913. The van der Waals surface area contributed by atoms with E-state index in [2.05, 4.69) is 22.3 Å². The molecule has 2 aromatic heterocycles. The molecule has 0 aliphatic heterocycles. The largest absolute Gasteiger partial charge is 0.394 e. The highest BCUT2D eigenvalue weighted by molar-refractivity contribution is 5.65. The van der Waals surface area contributed by atoms with E-state index in [1.54, 1.807) is 10.9 Å². The summed E-state index contributed by atoms with van der Waals surface area (Å²) in [5.41, 5.74) is 8.71. The van der Waals surface area contributed by atoms with E-state index in [0.717, 1.165) is 29.3 Å². The topological polar surface area (TPSA) is 68.8 Å². The maximum Gasteiger partial charge on any atom is 0.148 e. The van der Waals surface area contributed by atoms with Crippen molar-refractivity contribution in [3.8, 4) is 0 Å². The predicted octanol–water partition coefficient (Wildman–Crippen LogP) is 2.13. The molecule has 3 N–H and O–H groups in total. The zero-order valence-electron chi connectivity index (χ0n) is 11.0. The van der Waals surface area contributed by atoms with Gasteiger partial charge < -0.3 is 11.1 Å². The molecule has 0 aliphatic rings. The zero-order valence-corrected chi connectivity index (χ0v) is 11.0. The highest BCUT2D eigenvalue weighted by Gasteiger charge is 2.15. The first-order valence-corrected chi connectivity index (χ1v) is 6.12. The number of nitrogen functional groups attached to an aromatic ring is 1. The van der Waals surface area contributed by atoms with Crippen LogP contribution < -0.4 is 11.1 Å². The van der Waals surface area contributed by atoms with Crippen molar-refractivity contribution in [3.05, 3.63) is 35.8 Å². The van der Waals surface area contributed by atoms with Gasteiger partial charge >= 0.3 is 0 Å². The van der Waals surface area contributed by atoms with Crippen molar-refractivity contribution in [1.82, 2.24) is 14.8 Å². The molecule has 1 unspecified atom stereocenters. The van der Waals surface area contributed by atoms with Crippen molar-refractivity contribution in [2.24, 2.45) is 7.05 Å². The first-order valence-electron chi connectivity index (χ1n) is 6.12. The number of hydrogen-bond acceptors (Lipinski definition) is 4. The van der Waals surface area contributed by atoms with Gasteiger partial charge in [-0.05, 0) is 25.5 Å². The molecule has 0 aliphatic carbocycles. The van der Waals surface area contributed by atoms with Gasteiger partial charge in [-0.15, -0.1) is 0 Å². The summed E-state index contributed by atoms with van der Waals surface area (Å²) in [6.07, 6.45) is 2.62. The van der Waals surface area contributed by atoms with Crippen LogP contribution in [0.25, 0.3) is 0 Å². The summed E-state index contributed by atoms with van der Waals surface area (Å²) in [7, 11) is 1.89. The van der Waals surface area contributed by atoms with Crippen molar-refractivity contribution in [3.63, 3.8) is 0 Å². The van der Waals surface area contributed by atoms with E-state index in [1.165, 1.54) is 0 Å². The van der Waals surface area contributed by atoms with Crippen LogP contribution in [0, 0.1) is 0 Å². The summed E-state index contributed by atoms with van der Waals surface area (Å²) in [4.78, 5) is 4.33. The molecule has 2 rings (SSSR count). The fourth-order valence-electron chi connectivity index (χ4n) is 1.94. The normalized spacial score (nSPS) is 12.4. The van der Waals surface area contributed by atoms with Crippen LogP contribution in [0.3, 0.4) is 0 Å². The van der Waals surface area contributed by atoms with Gasteiger partial charge in [-0.3, -0.25) is 9.67 Å². The SMILES string of the molecule is CCc1nn(C)c(NC(C)c2ccccn2)c1N. The second kappa shape index (κ2) is 5.08. The fraction of sp³-hybridized carbons (Fsp3) is 0.385. The van der Waals surface area contributed by atoms with Crippen molar-refractivity contribution < 1.29 is 0 Å². The standard InChI is InChI=1S/C13H19N5/c1-4-10-12(14)13(18(3)17-10)16-9(2)11-7-5-6-8-15-11/h5-9,16H,4,14H2,1-3H3. The van der Waals surface area contributed by atoms with Gasteiger partial charge in [-0.1, -0.05) is 13.0 Å². The Kier molecular flexibility index (Phi) is 3.50. The Balaban J connectivity index is 2.22. The molecule has 0 fully saturated rings. The van der Waals surface area contributed by atoms with Crippen molar-refractivity contribution >= 4 is 11.5 Å². The fourth-order valence-corrected chi connectivity index (χ4v) is 1.94. The number of pyridine rings is 1. The van der Waals surface area contributed by atoms with Crippen LogP contribution in [0.15, 0.2) is 24.4 Å². The molecule has 0 amide bonds. The van der Waals surface area contributed by atoms with Gasteiger partial charge in [0.05, 0.1) is 23.1 Å². The van der Waals surface area contributed by atoms with Crippen molar-refractivity contribution in [1.29, 1.82) is 0 Å². The first-order chi connectivity index (χ1) is 8.63. The second-order valence-corrected chi connectivity index (χ2v) is 4.31. The third kappa shape index (κ3) is 2.30. The molecule has 96 valence electrons. The lowest BCUT2D eigenvalue weighted by Gasteiger charge is -2.15. The van der Waals surface area contributed by atoms with E-state index in [0.29, 0.717) is 0 Å². The van der Waals surface area contributed by atoms with E-state index in [1.807, 2.05) is 32.2 Å². The van der Waals surface area contributed by atoms with Crippen LogP contribution in [0.5, 0.6) is 0 Å². The summed E-state index contributed by atoms with van der Waals surface area (Å²) >= 11 is 0. The number of aromatic nitrogens is 3. The summed E-state index contributed by atoms with van der Waals surface area (Å²) in [5.74, 6) is 0.852. The summed E-state index contributed by atoms with van der Waals surface area (Å²) in [6, 6.07) is 5.97. The first kappa shape index (κ1) is 12.4. The maximum atomic E-state index is 6.07. The molecule has 2 aromatic rings. The number of nitrogens with two attached hydrogens (primary N) is 1. The third-order valence-electron chi connectivity index (χ3n) is 2.98. The molecule has 0 radical (unpaired) electrons. The Hall–Kier alpha value is -2.04. The minimum Gasteiger partial charge on any atom is -0.394 e. The Morgan fingerprint density at radius 3 is 2.78 bits per heavy atom. The molecule has 0 bridgehead atoms. The van der Waals surface area contributed by atoms with Gasteiger partial charge in [0.25, 0.3) is 0 Å². The lowest BCUT2D eigenvalue weighted by Crippen LogP contribution is -2.12. The van der Waals surface area contributed by atoms with Crippen LogP contribution in [-0.2, 0) is 13.5 Å². The van der Waals surface area contributed by atoms with Gasteiger partial charge in [0.1, 0.15) is 5.82 Å². The Morgan fingerprint density at radius 1 is 1.44 bits per heavy atom. The van der Waals surface area contributed by atoms with E-state index < -0.39 is 0 Å². The average molecular weight is 245 g/mol. The number of aryl methyl sites for hydroxylation is 2. The molecule has 0 spiro atoms. The van der Waals surface area contributed by atoms with E-state index >= 15 is 0 Å². The van der Waals surface area contributed by atoms with Gasteiger partial charge in [-0.2, -0.15) is 5.10 Å². The molecule has 5 heteroatoms.